The van der Waals surface area contributed by atoms with E-state index >= 15 is 0 Å². The van der Waals surface area contributed by atoms with Crippen LogP contribution in [0.15, 0.2) is 23.2 Å². The highest BCUT2D eigenvalue weighted by molar-refractivity contribution is 6.40. The van der Waals surface area contributed by atoms with Gasteiger partial charge in [-0.05, 0) is 26.0 Å². The average molecular weight is 431 g/mol. The van der Waals surface area contributed by atoms with Gasteiger partial charge in [0.15, 0.2) is 11.4 Å². The van der Waals surface area contributed by atoms with Gasteiger partial charge in [0.05, 0.1) is 11.3 Å². The Morgan fingerprint density at radius 1 is 1.06 bits per heavy atom. The Kier molecular flexibility index (Phi) is 7.16. The molecule has 2 aromatic rings. The SMILES string of the molecule is CC(C)NC(=O)C(=Nc1c(O)[nH]c(O)c1Nc1cccc(C(=O)N(C)C)c1O)C(C)C. The van der Waals surface area contributed by atoms with Gasteiger partial charge in [0.25, 0.3) is 11.8 Å². The van der Waals surface area contributed by atoms with Gasteiger partial charge in [0.1, 0.15) is 11.4 Å². The molecule has 168 valence electrons. The Hall–Kier alpha value is -3.69. The van der Waals surface area contributed by atoms with E-state index in [0.717, 1.165) is 0 Å². The van der Waals surface area contributed by atoms with Crippen molar-refractivity contribution in [1.29, 1.82) is 0 Å². The van der Waals surface area contributed by atoms with Crippen molar-refractivity contribution in [3.05, 3.63) is 23.8 Å². The Morgan fingerprint density at radius 2 is 1.71 bits per heavy atom. The average Bonchev–Trinajstić information content (AvgIpc) is 2.92. The number of carbonyl (C=O) groups excluding carboxylic acids is 2. The number of para-hydroxylation sites is 1. The molecule has 0 aliphatic carbocycles. The molecule has 0 bridgehead atoms. The highest BCUT2D eigenvalue weighted by Gasteiger charge is 2.24. The molecule has 1 aromatic carbocycles. The molecule has 0 unspecified atom stereocenters. The van der Waals surface area contributed by atoms with Gasteiger partial charge in [-0.15, -0.1) is 0 Å². The number of amides is 2. The van der Waals surface area contributed by atoms with E-state index < -0.39 is 23.6 Å². The maximum absolute atomic E-state index is 12.5. The molecule has 0 saturated carbocycles. The largest absolute Gasteiger partial charge is 0.505 e. The van der Waals surface area contributed by atoms with Crippen molar-refractivity contribution < 1.29 is 24.9 Å². The lowest BCUT2D eigenvalue weighted by Crippen LogP contribution is -2.38. The topological polar surface area (TPSA) is 150 Å². The highest BCUT2D eigenvalue weighted by Crippen LogP contribution is 2.45. The zero-order chi connectivity index (χ0) is 23.5. The van der Waals surface area contributed by atoms with E-state index in [2.05, 4.69) is 20.6 Å². The number of nitrogens with one attached hydrogen (secondary N) is 3. The maximum atomic E-state index is 12.5. The van der Waals surface area contributed by atoms with Crippen LogP contribution in [0.25, 0.3) is 0 Å². The summed E-state index contributed by atoms with van der Waals surface area (Å²) in [5.74, 6) is -2.34. The highest BCUT2D eigenvalue weighted by atomic mass is 16.3. The minimum absolute atomic E-state index is 0.0541. The van der Waals surface area contributed by atoms with E-state index in [-0.39, 0.29) is 46.0 Å². The van der Waals surface area contributed by atoms with Crippen molar-refractivity contribution in [2.24, 2.45) is 10.9 Å². The van der Waals surface area contributed by atoms with Gasteiger partial charge in [-0.1, -0.05) is 19.9 Å². The fourth-order valence-electron chi connectivity index (χ4n) is 2.78. The standard InChI is InChI=1S/C21H29N5O5/c1-10(2)14(18(28)22-11(3)4)24-16-15(19(29)25-20(16)30)23-13-9-7-8-12(17(13)27)21(31)26(5)6/h7-11,23,25,27,29-30H,1-6H3,(H,22,28). The van der Waals surface area contributed by atoms with Gasteiger partial charge in [0, 0.05) is 26.1 Å². The van der Waals surface area contributed by atoms with Crippen LogP contribution in [0.2, 0.25) is 0 Å². The van der Waals surface area contributed by atoms with Gasteiger partial charge in [-0.25, -0.2) is 4.99 Å². The first-order valence-corrected chi connectivity index (χ1v) is 9.78. The van der Waals surface area contributed by atoms with Gasteiger partial charge < -0.3 is 30.9 Å². The second kappa shape index (κ2) is 9.41. The number of phenols is 1. The Morgan fingerprint density at radius 3 is 2.26 bits per heavy atom. The molecular formula is C21H29N5O5. The number of phenolic OH excluding ortho intramolecular Hbond substituents is 1. The van der Waals surface area contributed by atoms with Crippen molar-refractivity contribution >= 4 is 34.6 Å². The number of hydrogen-bond donors (Lipinski definition) is 6. The summed E-state index contributed by atoms with van der Waals surface area (Å²) in [6.07, 6.45) is 0. The molecule has 0 fully saturated rings. The fourth-order valence-corrected chi connectivity index (χ4v) is 2.78. The molecule has 0 atom stereocenters. The summed E-state index contributed by atoms with van der Waals surface area (Å²) in [6.45, 7) is 7.18. The van der Waals surface area contributed by atoms with Crippen LogP contribution in [-0.2, 0) is 4.79 Å². The van der Waals surface area contributed by atoms with Crippen LogP contribution in [0.4, 0.5) is 17.1 Å². The number of nitrogens with zero attached hydrogens (tertiary/aromatic N) is 2. The molecule has 0 aliphatic rings. The van der Waals surface area contributed by atoms with Crippen molar-refractivity contribution in [3.63, 3.8) is 0 Å². The van der Waals surface area contributed by atoms with E-state index in [4.69, 9.17) is 0 Å². The van der Waals surface area contributed by atoms with Crippen LogP contribution in [0.3, 0.4) is 0 Å². The minimum atomic E-state index is -0.462. The number of aliphatic imine (C=N–C) groups is 1. The fraction of sp³-hybridized carbons (Fsp3) is 0.381. The lowest BCUT2D eigenvalue weighted by Gasteiger charge is -2.15. The third-order valence-electron chi connectivity index (χ3n) is 4.30. The first-order chi connectivity index (χ1) is 14.4. The van der Waals surface area contributed by atoms with Crippen LogP contribution in [-0.4, -0.2) is 62.9 Å². The number of rotatable bonds is 7. The number of H-pyrrole nitrogens is 1. The van der Waals surface area contributed by atoms with Crippen molar-refractivity contribution in [3.8, 4) is 17.5 Å². The number of hydrogen-bond acceptors (Lipinski definition) is 7. The second-order valence-corrected chi connectivity index (χ2v) is 7.85. The van der Waals surface area contributed by atoms with Gasteiger partial charge in [-0.2, -0.15) is 0 Å². The first kappa shape index (κ1) is 23.6. The zero-order valence-electron chi connectivity index (χ0n) is 18.4. The monoisotopic (exact) mass is 431 g/mol. The summed E-state index contributed by atoms with van der Waals surface area (Å²) in [4.78, 5) is 32.7. The summed E-state index contributed by atoms with van der Waals surface area (Å²) in [5.41, 5.74) is 0.142. The van der Waals surface area contributed by atoms with Crippen molar-refractivity contribution in [2.45, 2.75) is 33.7 Å². The molecule has 6 N–H and O–H groups in total. The predicted molar refractivity (Wildman–Crippen MR) is 119 cm³/mol. The van der Waals surface area contributed by atoms with E-state index in [0.29, 0.717) is 0 Å². The molecule has 2 amide bonds. The number of anilines is 2. The van der Waals surface area contributed by atoms with Crippen LogP contribution < -0.4 is 10.6 Å². The number of carbonyl (C=O) groups is 2. The van der Waals surface area contributed by atoms with Gasteiger partial charge in [0.2, 0.25) is 11.8 Å². The first-order valence-electron chi connectivity index (χ1n) is 9.78. The summed E-state index contributed by atoms with van der Waals surface area (Å²) < 4.78 is 0. The molecule has 31 heavy (non-hydrogen) atoms. The Labute approximate surface area is 180 Å². The number of aromatic nitrogens is 1. The van der Waals surface area contributed by atoms with E-state index in [1.807, 2.05) is 13.8 Å². The molecule has 0 spiro atoms. The third kappa shape index (κ3) is 5.27. The number of aromatic amines is 1. The quantitative estimate of drug-likeness (QED) is 0.293. The summed E-state index contributed by atoms with van der Waals surface area (Å²) in [5, 5.41) is 36.6. The van der Waals surface area contributed by atoms with Crippen molar-refractivity contribution in [1.82, 2.24) is 15.2 Å². The summed E-state index contributed by atoms with van der Waals surface area (Å²) >= 11 is 0. The molecular weight excluding hydrogens is 402 g/mol. The van der Waals surface area contributed by atoms with Crippen molar-refractivity contribution in [2.75, 3.05) is 19.4 Å². The molecule has 0 aliphatic heterocycles. The zero-order valence-corrected chi connectivity index (χ0v) is 18.4. The molecule has 0 saturated heterocycles. The molecule has 1 heterocycles. The molecule has 10 nitrogen and oxygen atoms in total. The van der Waals surface area contributed by atoms with E-state index in [9.17, 15) is 24.9 Å². The number of aromatic hydroxyl groups is 3. The molecule has 1 aromatic heterocycles. The molecule has 10 heteroatoms. The third-order valence-corrected chi connectivity index (χ3v) is 4.30. The Balaban J connectivity index is 2.53. The molecule has 0 radical (unpaired) electrons. The van der Waals surface area contributed by atoms with Crippen LogP contribution in [0.1, 0.15) is 38.1 Å². The predicted octanol–water partition coefficient (Wildman–Crippen LogP) is 2.83. The number of benzene rings is 1. The van der Waals surface area contributed by atoms with Crippen LogP contribution in [0, 0.1) is 5.92 Å². The maximum Gasteiger partial charge on any atom is 0.266 e. The van der Waals surface area contributed by atoms with E-state index in [1.54, 1.807) is 34.0 Å². The minimum Gasteiger partial charge on any atom is -0.505 e. The van der Waals surface area contributed by atoms with Gasteiger partial charge in [-0.3, -0.25) is 14.6 Å². The lowest BCUT2D eigenvalue weighted by atomic mass is 10.1. The van der Waals surface area contributed by atoms with Crippen LogP contribution >= 0.6 is 0 Å². The smallest absolute Gasteiger partial charge is 0.266 e. The Bertz CT molecular complexity index is 1010. The summed E-state index contributed by atoms with van der Waals surface area (Å²) in [6, 6.07) is 4.40. The van der Waals surface area contributed by atoms with Gasteiger partial charge >= 0.3 is 0 Å². The van der Waals surface area contributed by atoms with Crippen LogP contribution in [0.5, 0.6) is 17.5 Å². The summed E-state index contributed by atoms with van der Waals surface area (Å²) in [7, 11) is 3.11. The van der Waals surface area contributed by atoms with E-state index in [1.165, 1.54) is 17.0 Å². The normalized spacial score (nSPS) is 11.7. The second-order valence-electron chi connectivity index (χ2n) is 7.85. The molecule has 2 rings (SSSR count). The lowest BCUT2D eigenvalue weighted by molar-refractivity contribution is -0.115.